The Kier molecular flexibility index (Phi) is 8.25. The summed E-state index contributed by atoms with van der Waals surface area (Å²) < 4.78 is 4.87. The smallest absolute Gasteiger partial charge is 0.328 e. The summed E-state index contributed by atoms with van der Waals surface area (Å²) in [4.78, 5) is 37.5. The number of hydrogen-bond donors (Lipinski definition) is 3. The van der Waals surface area contributed by atoms with Crippen molar-refractivity contribution in [1.29, 1.82) is 0 Å². The van der Waals surface area contributed by atoms with Crippen molar-refractivity contribution < 1.29 is 19.1 Å². The number of halogens is 1. The predicted molar refractivity (Wildman–Crippen MR) is 124 cm³/mol. The van der Waals surface area contributed by atoms with Gasteiger partial charge in [-0.1, -0.05) is 42.3 Å². The summed E-state index contributed by atoms with van der Waals surface area (Å²) in [6.07, 6.45) is 3.19. The molecule has 3 N–H and O–H groups in total. The van der Waals surface area contributed by atoms with E-state index in [-0.39, 0.29) is 18.4 Å². The summed E-state index contributed by atoms with van der Waals surface area (Å²) in [5.41, 5.74) is 2.53. The molecule has 2 aromatic rings. The van der Waals surface area contributed by atoms with E-state index in [4.69, 9.17) is 16.3 Å². The minimum absolute atomic E-state index is 0.0488. The van der Waals surface area contributed by atoms with Gasteiger partial charge in [0.25, 0.3) is 5.91 Å². The summed E-state index contributed by atoms with van der Waals surface area (Å²) in [7, 11) is 1.28. The zero-order valence-corrected chi connectivity index (χ0v) is 19.0. The number of rotatable bonds is 7. The van der Waals surface area contributed by atoms with Crippen molar-refractivity contribution in [3.63, 3.8) is 0 Å². The Morgan fingerprint density at radius 3 is 2.53 bits per heavy atom. The van der Waals surface area contributed by atoms with Crippen LogP contribution < -0.4 is 16.0 Å². The van der Waals surface area contributed by atoms with Crippen molar-refractivity contribution in [1.82, 2.24) is 10.6 Å². The lowest BCUT2D eigenvalue weighted by Gasteiger charge is -2.22. The van der Waals surface area contributed by atoms with Crippen LogP contribution in [0, 0.1) is 6.92 Å². The Balaban J connectivity index is 1.66. The zero-order chi connectivity index (χ0) is 23.1. The fourth-order valence-corrected chi connectivity index (χ4v) is 4.06. The van der Waals surface area contributed by atoms with Crippen molar-refractivity contribution in [2.24, 2.45) is 0 Å². The van der Waals surface area contributed by atoms with Crippen LogP contribution in [0.5, 0.6) is 0 Å². The third-order valence-electron chi connectivity index (χ3n) is 5.53. The molecular formula is C24H28ClN3O4. The molecule has 0 spiro atoms. The van der Waals surface area contributed by atoms with Gasteiger partial charge in [-0.2, -0.15) is 0 Å². The van der Waals surface area contributed by atoms with E-state index in [9.17, 15) is 14.4 Å². The lowest BCUT2D eigenvalue weighted by Crippen LogP contribution is -2.43. The number of carbonyl (C=O) groups excluding carboxylic acids is 3. The molecule has 1 aliphatic rings. The minimum Gasteiger partial charge on any atom is -0.467 e. The van der Waals surface area contributed by atoms with E-state index < -0.39 is 17.9 Å². The van der Waals surface area contributed by atoms with E-state index in [1.165, 1.54) is 7.11 Å². The number of piperidine rings is 1. The van der Waals surface area contributed by atoms with E-state index in [0.29, 0.717) is 21.8 Å². The van der Waals surface area contributed by atoms with Crippen molar-refractivity contribution >= 4 is 35.1 Å². The van der Waals surface area contributed by atoms with E-state index in [1.54, 1.807) is 37.3 Å². The molecule has 170 valence electrons. The van der Waals surface area contributed by atoms with E-state index in [1.807, 2.05) is 12.1 Å². The van der Waals surface area contributed by atoms with Gasteiger partial charge in [-0.15, -0.1) is 0 Å². The lowest BCUT2D eigenvalue weighted by atomic mass is 10.0. The van der Waals surface area contributed by atoms with Gasteiger partial charge in [0.05, 0.1) is 23.7 Å². The van der Waals surface area contributed by atoms with Crippen LogP contribution in [-0.4, -0.2) is 43.5 Å². The van der Waals surface area contributed by atoms with E-state index in [0.717, 1.165) is 31.4 Å². The van der Waals surface area contributed by atoms with Gasteiger partial charge < -0.3 is 20.7 Å². The highest BCUT2D eigenvalue weighted by atomic mass is 35.5. The molecule has 1 fully saturated rings. The molecule has 1 heterocycles. The van der Waals surface area contributed by atoms with Crippen molar-refractivity contribution in [3.8, 4) is 0 Å². The number of ether oxygens (including phenoxy) is 1. The Morgan fingerprint density at radius 2 is 1.91 bits per heavy atom. The van der Waals surface area contributed by atoms with Gasteiger partial charge in [-0.3, -0.25) is 9.59 Å². The van der Waals surface area contributed by atoms with Crippen LogP contribution in [0.3, 0.4) is 0 Å². The molecule has 1 aliphatic heterocycles. The molecule has 3 rings (SSSR count). The molecule has 7 nitrogen and oxygen atoms in total. The van der Waals surface area contributed by atoms with Crippen LogP contribution in [0.4, 0.5) is 5.69 Å². The molecule has 0 saturated carbocycles. The number of hydrogen-bond acceptors (Lipinski definition) is 5. The molecule has 1 saturated heterocycles. The first-order chi connectivity index (χ1) is 15.4. The van der Waals surface area contributed by atoms with Crippen LogP contribution in [0.2, 0.25) is 5.02 Å². The maximum Gasteiger partial charge on any atom is 0.328 e. The second-order valence-electron chi connectivity index (χ2n) is 7.87. The van der Waals surface area contributed by atoms with Gasteiger partial charge in [-0.25, -0.2) is 4.79 Å². The van der Waals surface area contributed by atoms with Gasteiger partial charge in [0.15, 0.2) is 0 Å². The molecule has 2 atom stereocenters. The number of carbonyl (C=O) groups is 3. The summed E-state index contributed by atoms with van der Waals surface area (Å²) in [6, 6.07) is 11.3. The van der Waals surface area contributed by atoms with Crippen molar-refractivity contribution in [3.05, 3.63) is 64.2 Å². The number of benzene rings is 2. The van der Waals surface area contributed by atoms with Crippen LogP contribution in [-0.2, 0) is 20.7 Å². The maximum absolute atomic E-state index is 12.8. The van der Waals surface area contributed by atoms with Gasteiger partial charge in [0.1, 0.15) is 6.04 Å². The number of aryl methyl sites for hydroxylation is 1. The molecule has 0 bridgehead atoms. The summed E-state index contributed by atoms with van der Waals surface area (Å²) in [5.74, 6) is -1.04. The lowest BCUT2D eigenvalue weighted by molar-refractivity contribution is -0.142. The molecule has 2 aromatic carbocycles. The van der Waals surface area contributed by atoms with Crippen LogP contribution in [0.25, 0.3) is 0 Å². The number of esters is 1. The van der Waals surface area contributed by atoms with Gasteiger partial charge in [0, 0.05) is 12.1 Å². The summed E-state index contributed by atoms with van der Waals surface area (Å²) >= 11 is 6.18. The zero-order valence-electron chi connectivity index (χ0n) is 18.2. The van der Waals surface area contributed by atoms with Crippen LogP contribution in [0.15, 0.2) is 42.5 Å². The molecule has 1 unspecified atom stereocenters. The Labute approximate surface area is 192 Å². The maximum atomic E-state index is 12.8. The van der Waals surface area contributed by atoms with Gasteiger partial charge in [-0.05, 0) is 55.6 Å². The number of methoxy groups -OCH3 is 1. The first-order valence-electron chi connectivity index (χ1n) is 10.7. The third-order valence-corrected chi connectivity index (χ3v) is 5.84. The van der Waals surface area contributed by atoms with Gasteiger partial charge >= 0.3 is 5.97 Å². The van der Waals surface area contributed by atoms with Crippen molar-refractivity contribution in [2.45, 2.75) is 44.7 Å². The molecule has 32 heavy (non-hydrogen) atoms. The monoisotopic (exact) mass is 457 g/mol. The molecule has 0 aliphatic carbocycles. The molecule has 2 amide bonds. The second-order valence-corrected chi connectivity index (χ2v) is 8.28. The Morgan fingerprint density at radius 1 is 1.16 bits per heavy atom. The normalized spacial score (nSPS) is 16.7. The third kappa shape index (κ3) is 6.08. The number of nitrogens with one attached hydrogen (secondary N) is 3. The minimum atomic E-state index is -0.880. The Bertz CT molecular complexity index is 951. The first kappa shape index (κ1) is 23.8. The molecular weight excluding hydrogens is 430 g/mol. The second kappa shape index (κ2) is 11.1. The average molecular weight is 458 g/mol. The summed E-state index contributed by atoms with van der Waals surface area (Å²) in [6.45, 7) is 2.63. The fourth-order valence-electron chi connectivity index (χ4n) is 3.75. The fraction of sp³-hybridized carbons (Fsp3) is 0.375. The predicted octanol–water partition coefficient (Wildman–Crippen LogP) is 3.24. The number of anilines is 1. The Hall–Kier alpha value is -2.90. The molecule has 0 radical (unpaired) electrons. The molecule has 8 heteroatoms. The van der Waals surface area contributed by atoms with Crippen LogP contribution >= 0.6 is 11.6 Å². The number of amides is 2. The van der Waals surface area contributed by atoms with Gasteiger partial charge in [0.2, 0.25) is 5.91 Å². The summed E-state index contributed by atoms with van der Waals surface area (Å²) in [5, 5.41) is 9.18. The molecule has 0 aromatic heterocycles. The quantitative estimate of drug-likeness (QED) is 0.554. The standard InChI is InChI=1S/C24H28ClN3O4/c1-15-6-5-7-18(25)21(15)23(30)28-20(24(31)32-2)14-16-9-11-17(12-10-16)27-22(29)19-8-3-4-13-26-19/h5-7,9-12,19-20,26H,3-4,8,13-14H2,1-2H3,(H,27,29)(H,28,30)/t19?,20-/m0/s1. The SMILES string of the molecule is COC(=O)[C@H](Cc1ccc(NC(=O)C2CCCCN2)cc1)NC(=O)c1c(C)cccc1Cl. The first-order valence-corrected chi connectivity index (χ1v) is 11.0. The van der Waals surface area contributed by atoms with Crippen LogP contribution in [0.1, 0.15) is 40.7 Å². The largest absolute Gasteiger partial charge is 0.467 e. The highest BCUT2D eigenvalue weighted by molar-refractivity contribution is 6.34. The average Bonchev–Trinajstić information content (AvgIpc) is 2.79. The van der Waals surface area contributed by atoms with Crippen molar-refractivity contribution in [2.75, 3.05) is 19.0 Å². The van der Waals surface area contributed by atoms with E-state index >= 15 is 0 Å². The highest BCUT2D eigenvalue weighted by Crippen LogP contribution is 2.20. The highest BCUT2D eigenvalue weighted by Gasteiger charge is 2.25. The topological polar surface area (TPSA) is 96.5 Å². The van der Waals surface area contributed by atoms with E-state index in [2.05, 4.69) is 16.0 Å².